The van der Waals surface area contributed by atoms with Crippen molar-refractivity contribution in [2.24, 2.45) is 0 Å². The van der Waals surface area contributed by atoms with Crippen LogP contribution in [0.4, 0.5) is 0 Å². The summed E-state index contributed by atoms with van der Waals surface area (Å²) in [6.45, 7) is 14.0. The van der Waals surface area contributed by atoms with E-state index in [1.807, 2.05) is 12.1 Å². The highest BCUT2D eigenvalue weighted by atomic mass is 16.4. The second kappa shape index (κ2) is 13.8. The van der Waals surface area contributed by atoms with Gasteiger partial charge in [0.25, 0.3) is 0 Å². The van der Waals surface area contributed by atoms with Gasteiger partial charge in [0.15, 0.2) is 0 Å². The summed E-state index contributed by atoms with van der Waals surface area (Å²) in [5.41, 5.74) is 22.2. The molecule has 3 aliphatic heterocycles. The average molecular weight is 900 g/mol. The molecular weight excluding hydrogens is 842 g/mol. The van der Waals surface area contributed by atoms with Crippen molar-refractivity contribution < 1.29 is 15.8 Å². The average Bonchev–Trinajstić information content (AvgIpc) is 4.01. The summed E-state index contributed by atoms with van der Waals surface area (Å²) in [7, 11) is -1.46. The van der Waals surface area contributed by atoms with Crippen LogP contribution in [0.1, 0.15) is 80.6 Å². The van der Waals surface area contributed by atoms with Gasteiger partial charge in [0.05, 0.1) is 50.2 Å². The summed E-state index contributed by atoms with van der Waals surface area (Å²) in [6, 6.07) is 66.3. The number of rotatable bonds is 2. The Morgan fingerprint density at radius 3 is 1.29 bits per heavy atom. The monoisotopic (exact) mass is 899 g/mol. The van der Waals surface area contributed by atoms with Crippen molar-refractivity contribution >= 4 is 78.0 Å². The Balaban J connectivity index is 0.000000181. The molecule has 5 nitrogen and oxygen atoms in total. The minimum absolute atomic E-state index is 0. The fourth-order valence-electron chi connectivity index (χ4n) is 13.0. The van der Waals surface area contributed by atoms with Crippen LogP contribution in [-0.2, 0) is 16.2 Å². The number of hydrogen-bond donors (Lipinski definition) is 2. The van der Waals surface area contributed by atoms with Crippen molar-refractivity contribution in [1.29, 1.82) is 0 Å². The number of fused-ring (bicyclic) bond motifs is 15. The third-order valence-electron chi connectivity index (χ3n) is 16.5. The Labute approximate surface area is 407 Å². The Kier molecular flexibility index (Phi) is 8.06. The number of aromatic nitrogens is 3. The molecular formula is C63H58BN3O2. The van der Waals surface area contributed by atoms with Gasteiger partial charge in [-0.1, -0.05) is 169 Å². The van der Waals surface area contributed by atoms with Crippen molar-refractivity contribution in [3.8, 4) is 28.2 Å². The van der Waals surface area contributed by atoms with Crippen LogP contribution in [0.2, 0.25) is 0 Å². The van der Waals surface area contributed by atoms with E-state index in [2.05, 4.69) is 219 Å². The smallest absolute Gasteiger partial charge is 0.423 e. The first-order chi connectivity index (χ1) is 33.4. The lowest BCUT2D eigenvalue weighted by atomic mass is 9.74. The highest BCUT2D eigenvalue weighted by Gasteiger charge is 2.38. The molecule has 6 heterocycles. The van der Waals surface area contributed by atoms with Gasteiger partial charge >= 0.3 is 7.12 Å². The van der Waals surface area contributed by atoms with Gasteiger partial charge < -0.3 is 23.7 Å². The lowest BCUT2D eigenvalue weighted by Crippen LogP contribution is -2.29. The van der Waals surface area contributed by atoms with Gasteiger partial charge in [0, 0.05) is 54.3 Å². The maximum atomic E-state index is 9.58. The van der Waals surface area contributed by atoms with Gasteiger partial charge in [0.2, 0.25) is 0 Å². The van der Waals surface area contributed by atoms with Crippen LogP contribution in [-0.4, -0.2) is 30.9 Å². The maximum absolute atomic E-state index is 9.58. The van der Waals surface area contributed by atoms with E-state index < -0.39 is 7.12 Å². The number of benzene rings is 9. The summed E-state index contributed by atoms with van der Waals surface area (Å²) in [6.07, 6.45) is 0. The zero-order valence-corrected chi connectivity index (χ0v) is 39.6. The molecule has 0 spiro atoms. The van der Waals surface area contributed by atoms with Crippen LogP contribution in [0, 0.1) is 0 Å². The second-order valence-electron chi connectivity index (χ2n) is 21.2. The first-order valence-corrected chi connectivity index (χ1v) is 24.2. The molecule has 15 rings (SSSR count). The van der Waals surface area contributed by atoms with Gasteiger partial charge in [-0.05, 0) is 105 Å². The third kappa shape index (κ3) is 5.23. The summed E-state index contributed by atoms with van der Waals surface area (Å²) < 4.78 is 7.32. The van der Waals surface area contributed by atoms with Crippen LogP contribution in [0.5, 0.6) is 0 Å². The number of hydrogen-bond acceptors (Lipinski definition) is 2. The van der Waals surface area contributed by atoms with Crippen LogP contribution in [0.3, 0.4) is 0 Å². The molecule has 9 aromatic carbocycles. The van der Waals surface area contributed by atoms with E-state index >= 15 is 0 Å². The highest BCUT2D eigenvalue weighted by molar-refractivity contribution is 6.59. The van der Waals surface area contributed by atoms with Gasteiger partial charge in [-0.15, -0.1) is 0 Å². The van der Waals surface area contributed by atoms with E-state index in [1.165, 1.54) is 111 Å². The van der Waals surface area contributed by atoms with E-state index in [1.54, 1.807) is 6.07 Å². The molecule has 0 atom stereocenters. The molecule has 0 radical (unpaired) electrons. The Bertz CT molecular complexity index is 4240. The Hall–Kier alpha value is -7.64. The topological polar surface area (TPSA) is 55.2 Å². The van der Waals surface area contributed by atoms with Crippen molar-refractivity contribution in [1.82, 2.24) is 13.7 Å². The predicted octanol–water partition coefficient (Wildman–Crippen LogP) is 14.9. The first kappa shape index (κ1) is 40.4. The zero-order valence-electron chi connectivity index (χ0n) is 39.6. The summed E-state index contributed by atoms with van der Waals surface area (Å²) in [5.74, 6) is 0. The lowest BCUT2D eigenvalue weighted by Gasteiger charge is -2.35. The summed E-state index contributed by atoms with van der Waals surface area (Å²) in [5, 5.41) is 26.6. The predicted molar refractivity (Wildman–Crippen MR) is 296 cm³/mol. The largest absolute Gasteiger partial charge is 0.488 e. The molecule has 6 heteroatoms. The molecule has 0 saturated carbocycles. The summed E-state index contributed by atoms with van der Waals surface area (Å²) in [4.78, 5) is 0. The van der Waals surface area contributed by atoms with E-state index in [0.717, 1.165) is 16.3 Å². The molecule has 0 aliphatic carbocycles. The van der Waals surface area contributed by atoms with Crippen LogP contribution in [0.15, 0.2) is 182 Å². The molecule has 0 amide bonds. The number of para-hydroxylation sites is 6. The molecule has 69 heavy (non-hydrogen) atoms. The van der Waals surface area contributed by atoms with Gasteiger partial charge in [-0.25, -0.2) is 0 Å². The molecule has 340 valence electrons. The van der Waals surface area contributed by atoms with Gasteiger partial charge in [0.1, 0.15) is 0 Å². The van der Waals surface area contributed by atoms with Gasteiger partial charge in [-0.2, -0.15) is 0 Å². The normalized spacial score (nSPS) is 15.3. The number of nitrogens with zero attached hydrogens (tertiary/aromatic N) is 3. The molecule has 3 aliphatic rings. The minimum atomic E-state index is -1.46. The van der Waals surface area contributed by atoms with Crippen LogP contribution >= 0.6 is 0 Å². The molecule has 0 unspecified atom stereocenters. The van der Waals surface area contributed by atoms with E-state index in [0.29, 0.717) is 5.46 Å². The quantitative estimate of drug-likeness (QED) is 0.170. The molecule has 0 fully saturated rings. The Morgan fingerprint density at radius 2 is 0.739 bits per heavy atom. The fraction of sp³-hybridized carbons (Fsp3) is 0.143. The van der Waals surface area contributed by atoms with Crippen molar-refractivity contribution in [2.75, 3.05) is 0 Å². The van der Waals surface area contributed by atoms with Crippen molar-refractivity contribution in [3.05, 3.63) is 215 Å². The fourth-order valence-corrected chi connectivity index (χ4v) is 13.0. The zero-order chi connectivity index (χ0) is 46.9. The molecule has 3 aromatic heterocycles. The molecule has 0 saturated heterocycles. The summed E-state index contributed by atoms with van der Waals surface area (Å²) >= 11 is 0. The molecule has 12 aromatic rings. The van der Waals surface area contributed by atoms with Crippen molar-refractivity contribution in [3.63, 3.8) is 0 Å². The lowest BCUT2D eigenvalue weighted by molar-refractivity contribution is 0.426. The Morgan fingerprint density at radius 1 is 0.333 bits per heavy atom. The second-order valence-corrected chi connectivity index (χ2v) is 21.2. The van der Waals surface area contributed by atoms with E-state index in [9.17, 15) is 10.0 Å². The van der Waals surface area contributed by atoms with Crippen molar-refractivity contribution in [2.45, 2.75) is 57.8 Å². The minimum Gasteiger partial charge on any atom is -0.423 e. The maximum Gasteiger partial charge on any atom is 0.488 e. The first-order valence-electron chi connectivity index (χ1n) is 24.2. The van der Waals surface area contributed by atoms with E-state index in [4.69, 9.17) is 0 Å². The highest BCUT2D eigenvalue weighted by Crippen LogP contribution is 2.52. The SMILES string of the molecule is CC1(C)c2ccccc2-n2c3ccc(-c4cc5c6c(c4)c4ccccc4n6-c4ccccc4C5(C)C)cc3c3cccc1c32.CC1(C)c2ccccc2-n2c3ccc(B(O)O)cc3c3cccc1c32.[HH].[HH].[HH].[HH]. The van der Waals surface area contributed by atoms with E-state index in [-0.39, 0.29) is 22.0 Å². The third-order valence-corrected chi connectivity index (χ3v) is 16.5. The molecule has 0 bridgehead atoms. The van der Waals surface area contributed by atoms with Gasteiger partial charge in [-0.3, -0.25) is 0 Å². The van der Waals surface area contributed by atoms with Crippen LogP contribution < -0.4 is 5.46 Å². The van der Waals surface area contributed by atoms with Crippen LogP contribution in [0.25, 0.3) is 93.6 Å². The molecule has 2 N–H and O–H groups in total. The standard InChI is InChI=1S/C42H32N2.C21H18BNO2.4H2/c1-41(2)31-14-6-9-18-37(31)44-36-21-20-25(22-29(36)28-13-11-16-33(41)39(28)44)26-23-30-27-12-5-8-17-35(27)43-38-19-10-7-15-32(38)42(3,4)34(24-26)40(30)43;1-21(2)16-7-3-4-9-19(16)23-18-11-10-13(22(24)25)12-15(18)14-6-5-8-17(21)20(14)23;;;;/h5-24H,1-4H3;3-12,24-25H,1-2H3;4*1H.